The van der Waals surface area contributed by atoms with E-state index in [-0.39, 0.29) is 23.6 Å². The summed E-state index contributed by atoms with van der Waals surface area (Å²) >= 11 is 2.03. The number of benzene rings is 3. The van der Waals surface area contributed by atoms with Crippen LogP contribution in [0.3, 0.4) is 0 Å². The number of hydrogen-bond acceptors (Lipinski definition) is 6. The summed E-state index contributed by atoms with van der Waals surface area (Å²) in [5.74, 6) is -2.39. The van der Waals surface area contributed by atoms with Crippen LogP contribution < -0.4 is 20.1 Å². The maximum absolute atomic E-state index is 13.8. The van der Waals surface area contributed by atoms with Gasteiger partial charge in [-0.15, -0.1) is 0 Å². The number of imide groups is 1. The second-order valence-corrected chi connectivity index (χ2v) is 9.40. The van der Waals surface area contributed by atoms with Crippen LogP contribution in [0.2, 0.25) is 0 Å². The molecule has 12 heteroatoms. The molecule has 0 atom stereocenters. The lowest BCUT2D eigenvalue weighted by molar-refractivity contribution is -0.127. The maximum Gasteiger partial charge on any atom is 0.335 e. The van der Waals surface area contributed by atoms with Gasteiger partial charge in [0.15, 0.2) is 11.5 Å². The number of anilines is 1. The molecule has 1 aliphatic rings. The maximum atomic E-state index is 13.8. The fourth-order valence-corrected chi connectivity index (χ4v) is 4.47. The van der Waals surface area contributed by atoms with Gasteiger partial charge in [0.2, 0.25) is 5.91 Å². The first kappa shape index (κ1) is 27.6. The number of ether oxygens (including phenoxy) is 2. The highest BCUT2D eigenvalue weighted by Crippen LogP contribution is 2.35. The molecule has 200 valence electrons. The van der Waals surface area contributed by atoms with Gasteiger partial charge in [0.1, 0.15) is 24.7 Å². The van der Waals surface area contributed by atoms with Crippen molar-refractivity contribution in [3.05, 3.63) is 92.4 Å². The summed E-state index contributed by atoms with van der Waals surface area (Å²) in [7, 11) is 1.44. The lowest BCUT2D eigenvalue weighted by Crippen LogP contribution is -2.38. The molecule has 4 amide bonds. The third-order valence-corrected chi connectivity index (χ3v) is 6.33. The molecule has 3 aromatic rings. The lowest BCUT2D eigenvalue weighted by atomic mass is 10.1. The number of methoxy groups -OCH3 is 1. The van der Waals surface area contributed by atoms with E-state index in [4.69, 9.17) is 9.47 Å². The van der Waals surface area contributed by atoms with Crippen LogP contribution in [0.5, 0.6) is 11.5 Å². The Morgan fingerprint density at radius 2 is 1.90 bits per heavy atom. The molecule has 0 bridgehead atoms. The Labute approximate surface area is 235 Å². The minimum absolute atomic E-state index is 0.0595. The number of amides is 4. The third-order valence-electron chi connectivity index (χ3n) is 5.53. The van der Waals surface area contributed by atoms with Crippen molar-refractivity contribution in [3.8, 4) is 11.5 Å². The molecule has 1 fully saturated rings. The van der Waals surface area contributed by atoms with Crippen LogP contribution in [0.1, 0.15) is 21.5 Å². The molecule has 1 saturated heterocycles. The zero-order valence-corrected chi connectivity index (χ0v) is 22.5. The summed E-state index contributed by atoms with van der Waals surface area (Å²) in [5.41, 5.74) is 1.18. The summed E-state index contributed by atoms with van der Waals surface area (Å²) in [5, 5.41) is 14.0. The van der Waals surface area contributed by atoms with Crippen molar-refractivity contribution in [2.45, 2.75) is 6.61 Å². The zero-order chi connectivity index (χ0) is 28.1. The molecule has 0 unspecified atom stereocenters. The Morgan fingerprint density at radius 1 is 1.13 bits per heavy atom. The first-order valence-electron chi connectivity index (χ1n) is 11.4. The van der Waals surface area contributed by atoms with Crippen molar-refractivity contribution in [2.75, 3.05) is 19.0 Å². The van der Waals surface area contributed by atoms with Crippen LogP contribution in [0.15, 0.2) is 66.4 Å². The van der Waals surface area contributed by atoms with Gasteiger partial charge < -0.3 is 25.2 Å². The number of urea groups is 1. The highest BCUT2D eigenvalue weighted by atomic mass is 127. The van der Waals surface area contributed by atoms with Crippen molar-refractivity contribution < 1.29 is 38.1 Å². The van der Waals surface area contributed by atoms with Gasteiger partial charge in [0.05, 0.1) is 21.9 Å². The molecule has 0 aliphatic carbocycles. The van der Waals surface area contributed by atoms with Crippen LogP contribution >= 0.6 is 22.6 Å². The Morgan fingerprint density at radius 3 is 2.62 bits per heavy atom. The number of aromatic carboxylic acids is 1. The molecule has 1 heterocycles. The predicted molar refractivity (Wildman–Crippen MR) is 147 cm³/mol. The molecule has 39 heavy (non-hydrogen) atoms. The van der Waals surface area contributed by atoms with Crippen LogP contribution in [0.25, 0.3) is 6.08 Å². The first-order valence-corrected chi connectivity index (χ1v) is 12.5. The van der Waals surface area contributed by atoms with Gasteiger partial charge in [-0.1, -0.05) is 24.3 Å². The number of rotatable bonds is 9. The number of carboxylic acid groups (broad SMARTS) is 1. The molecular formula is C27H21FIN3O7. The number of carbonyl (C=O) groups is 4. The standard InChI is InChI=1S/C27H21FIN3O7/c1-38-22-12-16(10-19(29)24(22)39-14-15-5-4-6-17(9-15)26(35)36)11-21-25(34)32(27(37)31-21)13-23(33)30-20-8-3-2-7-18(20)28/h2-12H,13-14H2,1H3,(H,30,33)(H,31,37)(H,35,36)/b21-11+. The van der Waals surface area contributed by atoms with Crippen LogP contribution in [-0.2, 0) is 16.2 Å². The molecule has 3 N–H and O–H groups in total. The number of nitrogens with one attached hydrogen (secondary N) is 2. The van der Waals surface area contributed by atoms with E-state index in [1.165, 1.54) is 49.6 Å². The zero-order valence-electron chi connectivity index (χ0n) is 20.4. The van der Waals surface area contributed by atoms with E-state index in [0.29, 0.717) is 31.1 Å². The topological polar surface area (TPSA) is 134 Å². The highest BCUT2D eigenvalue weighted by molar-refractivity contribution is 14.1. The average molecular weight is 645 g/mol. The number of hydrogen-bond donors (Lipinski definition) is 3. The summed E-state index contributed by atoms with van der Waals surface area (Å²) in [4.78, 5) is 49.5. The van der Waals surface area contributed by atoms with Crippen molar-refractivity contribution in [2.24, 2.45) is 0 Å². The van der Waals surface area contributed by atoms with Gasteiger partial charge in [0.25, 0.3) is 5.91 Å². The Kier molecular flexibility index (Phi) is 8.44. The molecule has 0 saturated carbocycles. The molecule has 0 radical (unpaired) electrons. The molecule has 10 nitrogen and oxygen atoms in total. The van der Waals surface area contributed by atoms with Gasteiger partial charge >= 0.3 is 12.0 Å². The normalized spacial score (nSPS) is 13.8. The number of para-hydroxylation sites is 1. The predicted octanol–water partition coefficient (Wildman–Crippen LogP) is 4.25. The van der Waals surface area contributed by atoms with Gasteiger partial charge in [-0.05, 0) is 76.2 Å². The Bertz CT molecular complexity index is 1510. The summed E-state index contributed by atoms with van der Waals surface area (Å²) in [6, 6.07) is 14.4. The minimum atomic E-state index is -1.04. The molecule has 3 aromatic carbocycles. The second kappa shape index (κ2) is 11.9. The van der Waals surface area contributed by atoms with E-state index in [1.807, 2.05) is 22.6 Å². The van der Waals surface area contributed by atoms with Crippen LogP contribution in [0.4, 0.5) is 14.9 Å². The van der Waals surface area contributed by atoms with E-state index >= 15 is 0 Å². The summed E-state index contributed by atoms with van der Waals surface area (Å²) in [6.07, 6.45) is 1.43. The highest BCUT2D eigenvalue weighted by Gasteiger charge is 2.35. The summed E-state index contributed by atoms with van der Waals surface area (Å²) in [6.45, 7) is -0.514. The van der Waals surface area contributed by atoms with E-state index < -0.39 is 36.2 Å². The van der Waals surface area contributed by atoms with Crippen molar-refractivity contribution in [1.29, 1.82) is 0 Å². The third kappa shape index (κ3) is 6.52. The van der Waals surface area contributed by atoms with E-state index in [0.717, 1.165) is 0 Å². The monoisotopic (exact) mass is 645 g/mol. The molecular weight excluding hydrogens is 624 g/mol. The fraction of sp³-hybridized carbons (Fsp3) is 0.111. The molecule has 1 aliphatic heterocycles. The van der Waals surface area contributed by atoms with Gasteiger partial charge in [-0.3, -0.25) is 9.59 Å². The van der Waals surface area contributed by atoms with E-state index in [1.54, 1.807) is 24.3 Å². The van der Waals surface area contributed by atoms with E-state index in [2.05, 4.69) is 10.6 Å². The van der Waals surface area contributed by atoms with Crippen molar-refractivity contribution in [3.63, 3.8) is 0 Å². The fourth-order valence-electron chi connectivity index (χ4n) is 3.69. The van der Waals surface area contributed by atoms with Crippen molar-refractivity contribution >= 4 is 58.2 Å². The Balaban J connectivity index is 1.47. The number of nitrogens with zero attached hydrogens (tertiary/aromatic N) is 1. The number of carboxylic acids is 1. The smallest absolute Gasteiger partial charge is 0.335 e. The van der Waals surface area contributed by atoms with Gasteiger partial charge in [-0.2, -0.15) is 0 Å². The first-order chi connectivity index (χ1) is 18.7. The van der Waals surface area contributed by atoms with Gasteiger partial charge in [-0.25, -0.2) is 18.9 Å². The van der Waals surface area contributed by atoms with Crippen molar-refractivity contribution in [1.82, 2.24) is 10.2 Å². The molecule has 0 aromatic heterocycles. The van der Waals surface area contributed by atoms with Crippen LogP contribution in [-0.4, -0.2) is 47.5 Å². The lowest BCUT2D eigenvalue weighted by Gasteiger charge is -2.14. The second-order valence-electron chi connectivity index (χ2n) is 8.24. The minimum Gasteiger partial charge on any atom is -0.493 e. The summed E-state index contributed by atoms with van der Waals surface area (Å²) < 4.78 is 25.8. The average Bonchev–Trinajstić information content (AvgIpc) is 3.16. The van der Waals surface area contributed by atoms with E-state index in [9.17, 15) is 28.7 Å². The SMILES string of the molecule is COc1cc(/C=C2/NC(=O)N(CC(=O)Nc3ccccc3F)C2=O)cc(I)c1OCc1cccc(C(=O)O)c1. The largest absolute Gasteiger partial charge is 0.493 e. The molecule has 0 spiro atoms. The quantitative estimate of drug-likeness (QED) is 0.180. The number of carbonyl (C=O) groups excluding carboxylic acids is 3. The molecule has 4 rings (SSSR count). The van der Waals surface area contributed by atoms with Crippen LogP contribution in [0, 0.1) is 9.39 Å². The Hall–Kier alpha value is -4.46. The van der Waals surface area contributed by atoms with Gasteiger partial charge in [0, 0.05) is 0 Å². The number of halogens is 2.